The van der Waals surface area contributed by atoms with E-state index in [0.717, 1.165) is 30.9 Å². The lowest BCUT2D eigenvalue weighted by molar-refractivity contribution is -0.116. The molecule has 0 aliphatic heterocycles. The van der Waals surface area contributed by atoms with Crippen molar-refractivity contribution >= 4 is 23.5 Å². The molecule has 0 aliphatic carbocycles. The van der Waals surface area contributed by atoms with Crippen LogP contribution in [-0.2, 0) is 27.2 Å². The largest absolute Gasteiger partial charge is 0.464 e. The van der Waals surface area contributed by atoms with Crippen LogP contribution in [0.15, 0.2) is 24.3 Å². The Balaban J connectivity index is 2.18. The van der Waals surface area contributed by atoms with Crippen molar-refractivity contribution < 1.29 is 23.9 Å². The van der Waals surface area contributed by atoms with Gasteiger partial charge in [-0.3, -0.25) is 4.79 Å². The summed E-state index contributed by atoms with van der Waals surface area (Å²) in [6, 6.07) is 7.36. The van der Waals surface area contributed by atoms with Crippen LogP contribution in [0.3, 0.4) is 0 Å². The second kappa shape index (κ2) is 8.04. The molecular formula is C16H18N4O5. The average Bonchev–Trinajstić information content (AvgIpc) is 3.04. The molecule has 1 aromatic heterocycles. The summed E-state index contributed by atoms with van der Waals surface area (Å²) in [7, 11) is 2.30. The van der Waals surface area contributed by atoms with Crippen molar-refractivity contribution in [2.24, 2.45) is 0 Å². The number of aryl methyl sites for hydroxylation is 1. The van der Waals surface area contributed by atoms with Gasteiger partial charge in [-0.25, -0.2) is 14.3 Å². The number of hydrogen-bond acceptors (Lipinski definition) is 7. The van der Waals surface area contributed by atoms with Gasteiger partial charge in [0.2, 0.25) is 11.6 Å². The number of carbonyl (C=O) groups excluding carboxylic acids is 3. The third kappa shape index (κ3) is 4.19. The van der Waals surface area contributed by atoms with Crippen LogP contribution in [0.4, 0.5) is 5.69 Å². The Morgan fingerprint density at radius 3 is 2.28 bits per heavy atom. The summed E-state index contributed by atoms with van der Waals surface area (Å²) in [5, 5.41) is 9.95. The zero-order valence-corrected chi connectivity index (χ0v) is 14.1. The molecule has 2 rings (SSSR count). The van der Waals surface area contributed by atoms with E-state index in [1.165, 1.54) is 0 Å². The molecule has 0 saturated carbocycles. The minimum Gasteiger partial charge on any atom is -0.464 e. The Kier molecular flexibility index (Phi) is 5.83. The van der Waals surface area contributed by atoms with Gasteiger partial charge in [-0.2, -0.15) is 0 Å². The molecule has 0 bridgehead atoms. The third-order valence-electron chi connectivity index (χ3n) is 3.43. The maximum atomic E-state index is 12.2. The van der Waals surface area contributed by atoms with E-state index in [1.54, 1.807) is 12.1 Å². The molecule has 0 saturated heterocycles. The summed E-state index contributed by atoms with van der Waals surface area (Å²) < 4.78 is 10.2. The van der Waals surface area contributed by atoms with Crippen molar-refractivity contribution in [1.29, 1.82) is 0 Å². The summed E-state index contributed by atoms with van der Waals surface area (Å²) in [5.41, 5.74) is 1.19. The third-order valence-corrected chi connectivity index (χ3v) is 3.43. The van der Waals surface area contributed by atoms with Crippen LogP contribution in [0.5, 0.6) is 0 Å². The Hall–Kier alpha value is -3.23. The van der Waals surface area contributed by atoms with Crippen LogP contribution in [0.1, 0.15) is 33.5 Å². The molecule has 1 N–H and O–H groups in total. The van der Waals surface area contributed by atoms with E-state index in [9.17, 15) is 14.4 Å². The van der Waals surface area contributed by atoms with Gasteiger partial charge in [0.05, 0.1) is 14.2 Å². The van der Waals surface area contributed by atoms with E-state index in [-0.39, 0.29) is 17.9 Å². The fraction of sp³-hybridized carbons (Fsp3) is 0.312. The fourth-order valence-electron chi connectivity index (χ4n) is 2.12. The SMILES string of the molecule is CCc1ccc(NC(=O)Cn2nnc(C(=O)OC)c2C(=O)OC)cc1. The van der Waals surface area contributed by atoms with Crippen LogP contribution >= 0.6 is 0 Å². The number of carbonyl (C=O) groups is 3. The molecule has 0 fully saturated rings. The minimum atomic E-state index is -0.845. The van der Waals surface area contributed by atoms with Gasteiger partial charge in [0, 0.05) is 5.69 Å². The quantitative estimate of drug-likeness (QED) is 0.778. The van der Waals surface area contributed by atoms with Crippen LogP contribution in [0.25, 0.3) is 0 Å². The van der Waals surface area contributed by atoms with Crippen molar-refractivity contribution in [3.8, 4) is 0 Å². The van der Waals surface area contributed by atoms with Gasteiger partial charge in [-0.15, -0.1) is 5.10 Å². The molecule has 9 nitrogen and oxygen atoms in total. The number of ether oxygens (including phenoxy) is 2. The van der Waals surface area contributed by atoms with Crippen LogP contribution in [0.2, 0.25) is 0 Å². The highest BCUT2D eigenvalue weighted by Gasteiger charge is 2.27. The predicted octanol–water partition coefficient (Wildman–Crippen LogP) is 1.05. The summed E-state index contributed by atoms with van der Waals surface area (Å²) in [6.07, 6.45) is 0.895. The number of anilines is 1. The zero-order chi connectivity index (χ0) is 18.4. The van der Waals surface area contributed by atoms with Crippen molar-refractivity contribution in [1.82, 2.24) is 15.0 Å². The molecule has 0 atom stereocenters. The number of hydrogen-bond donors (Lipinski definition) is 1. The van der Waals surface area contributed by atoms with E-state index in [2.05, 4.69) is 25.1 Å². The monoisotopic (exact) mass is 346 g/mol. The Labute approximate surface area is 143 Å². The summed E-state index contributed by atoms with van der Waals surface area (Å²) in [6.45, 7) is 1.72. The molecule has 0 unspecified atom stereocenters. The number of methoxy groups -OCH3 is 2. The topological polar surface area (TPSA) is 112 Å². The molecule has 1 amide bonds. The lowest BCUT2D eigenvalue weighted by Gasteiger charge is -2.08. The Bertz CT molecular complexity index is 782. The first-order valence-corrected chi connectivity index (χ1v) is 7.49. The maximum Gasteiger partial charge on any atom is 0.361 e. The fourth-order valence-corrected chi connectivity index (χ4v) is 2.12. The second-order valence-corrected chi connectivity index (χ2v) is 5.03. The highest BCUT2D eigenvalue weighted by molar-refractivity contribution is 6.01. The molecule has 1 aromatic carbocycles. The first kappa shape index (κ1) is 18.1. The molecule has 132 valence electrons. The standard InChI is InChI=1S/C16H18N4O5/c1-4-10-5-7-11(8-6-10)17-12(21)9-20-14(16(23)25-3)13(18-19-20)15(22)24-2/h5-8H,4,9H2,1-3H3,(H,17,21). The first-order valence-electron chi connectivity index (χ1n) is 7.49. The van der Waals surface area contributed by atoms with Crippen LogP contribution in [-0.4, -0.2) is 47.1 Å². The average molecular weight is 346 g/mol. The number of nitrogens with one attached hydrogen (secondary N) is 1. The van der Waals surface area contributed by atoms with E-state index < -0.39 is 17.8 Å². The number of benzene rings is 1. The lowest BCUT2D eigenvalue weighted by atomic mass is 10.1. The van der Waals surface area contributed by atoms with E-state index in [0.29, 0.717) is 5.69 Å². The summed E-state index contributed by atoms with van der Waals surface area (Å²) >= 11 is 0. The van der Waals surface area contributed by atoms with E-state index >= 15 is 0 Å². The number of rotatable bonds is 6. The minimum absolute atomic E-state index is 0.245. The molecule has 0 aliphatic rings. The normalized spacial score (nSPS) is 10.2. The smallest absolute Gasteiger partial charge is 0.361 e. The highest BCUT2D eigenvalue weighted by Crippen LogP contribution is 2.12. The van der Waals surface area contributed by atoms with E-state index in [4.69, 9.17) is 0 Å². The van der Waals surface area contributed by atoms with Crippen LogP contribution in [0, 0.1) is 0 Å². The second-order valence-electron chi connectivity index (χ2n) is 5.03. The Morgan fingerprint density at radius 1 is 1.08 bits per heavy atom. The molecule has 2 aromatic rings. The maximum absolute atomic E-state index is 12.2. The van der Waals surface area contributed by atoms with Gasteiger partial charge in [-0.05, 0) is 24.1 Å². The number of nitrogens with zero attached hydrogens (tertiary/aromatic N) is 3. The predicted molar refractivity (Wildman–Crippen MR) is 87.2 cm³/mol. The highest BCUT2D eigenvalue weighted by atomic mass is 16.5. The molecule has 0 spiro atoms. The number of aromatic nitrogens is 3. The zero-order valence-electron chi connectivity index (χ0n) is 14.1. The molecule has 0 radical (unpaired) electrons. The molecule has 1 heterocycles. The number of amides is 1. The summed E-state index contributed by atoms with van der Waals surface area (Å²) in [5.74, 6) is -2.12. The van der Waals surface area contributed by atoms with Gasteiger partial charge >= 0.3 is 11.9 Å². The van der Waals surface area contributed by atoms with Gasteiger partial charge in [0.25, 0.3) is 0 Å². The van der Waals surface area contributed by atoms with Gasteiger partial charge in [0.15, 0.2) is 5.69 Å². The molecule has 25 heavy (non-hydrogen) atoms. The van der Waals surface area contributed by atoms with Gasteiger partial charge < -0.3 is 14.8 Å². The van der Waals surface area contributed by atoms with Crippen molar-refractivity contribution in [3.63, 3.8) is 0 Å². The molecule has 9 heteroatoms. The van der Waals surface area contributed by atoms with Crippen molar-refractivity contribution in [2.75, 3.05) is 19.5 Å². The van der Waals surface area contributed by atoms with Gasteiger partial charge in [-0.1, -0.05) is 24.3 Å². The summed E-state index contributed by atoms with van der Waals surface area (Å²) in [4.78, 5) is 35.7. The molecular weight excluding hydrogens is 328 g/mol. The van der Waals surface area contributed by atoms with Gasteiger partial charge in [0.1, 0.15) is 6.54 Å². The lowest BCUT2D eigenvalue weighted by Crippen LogP contribution is -2.23. The van der Waals surface area contributed by atoms with Crippen LogP contribution < -0.4 is 5.32 Å². The van der Waals surface area contributed by atoms with E-state index in [1.807, 2.05) is 19.1 Å². The first-order chi connectivity index (χ1) is 12.0. The number of esters is 2. The van der Waals surface area contributed by atoms with Crippen molar-refractivity contribution in [2.45, 2.75) is 19.9 Å². The Morgan fingerprint density at radius 2 is 1.72 bits per heavy atom. The van der Waals surface area contributed by atoms with Crippen molar-refractivity contribution in [3.05, 3.63) is 41.2 Å².